The second-order valence-electron chi connectivity index (χ2n) is 6.18. The molecular weight excluding hydrogens is 429 g/mol. The number of methoxy groups -OCH3 is 1. The van der Waals surface area contributed by atoms with E-state index in [-0.39, 0.29) is 5.91 Å². The summed E-state index contributed by atoms with van der Waals surface area (Å²) < 4.78 is 6.17. The van der Waals surface area contributed by atoms with Gasteiger partial charge in [-0.25, -0.2) is 4.98 Å². The summed E-state index contributed by atoms with van der Waals surface area (Å²) in [7, 11) is 1.58. The van der Waals surface area contributed by atoms with Gasteiger partial charge in [-0.2, -0.15) is 0 Å². The highest BCUT2D eigenvalue weighted by atomic mass is 35.5. The number of benzene rings is 2. The maximum absolute atomic E-state index is 13.3. The highest BCUT2D eigenvalue weighted by Crippen LogP contribution is 2.39. The third kappa shape index (κ3) is 4.05. The lowest BCUT2D eigenvalue weighted by atomic mass is 10.2. The van der Waals surface area contributed by atoms with Crippen molar-refractivity contribution in [2.75, 3.05) is 12.0 Å². The van der Waals surface area contributed by atoms with Crippen molar-refractivity contribution in [3.63, 3.8) is 0 Å². The lowest BCUT2D eigenvalue weighted by Crippen LogP contribution is -2.30. The Bertz CT molecular complexity index is 1160. The molecule has 0 radical (unpaired) electrons. The molecule has 0 bridgehead atoms. The minimum absolute atomic E-state index is 0.195. The van der Waals surface area contributed by atoms with Gasteiger partial charge in [-0.05, 0) is 48.0 Å². The Morgan fingerprint density at radius 3 is 2.62 bits per heavy atom. The molecule has 1 amide bonds. The molecule has 2 aromatic heterocycles. The zero-order chi connectivity index (χ0) is 20.4. The number of ether oxygens (including phenoxy) is 1. The maximum Gasteiger partial charge on any atom is 0.260 e. The first kappa shape index (κ1) is 19.6. The van der Waals surface area contributed by atoms with Crippen LogP contribution in [0.1, 0.15) is 15.9 Å². The fraction of sp³-hybridized carbons (Fsp3) is 0.0952. The third-order valence-corrected chi connectivity index (χ3v) is 6.09. The lowest BCUT2D eigenvalue weighted by Gasteiger charge is -2.20. The Morgan fingerprint density at radius 1 is 1.14 bits per heavy atom. The summed E-state index contributed by atoms with van der Waals surface area (Å²) in [5, 5.41) is 1.65. The number of rotatable bonds is 5. The second kappa shape index (κ2) is 8.37. The number of hydrogen-bond donors (Lipinski definition) is 0. The van der Waals surface area contributed by atoms with Crippen molar-refractivity contribution >= 4 is 55.8 Å². The Labute approximate surface area is 181 Å². The summed E-state index contributed by atoms with van der Waals surface area (Å²) in [4.78, 5) is 23.8. The van der Waals surface area contributed by atoms with E-state index in [9.17, 15) is 4.79 Å². The number of carbonyl (C=O) groups excluding carboxylic acids is 1. The zero-order valence-corrected chi connectivity index (χ0v) is 17.6. The van der Waals surface area contributed by atoms with Gasteiger partial charge in [0.25, 0.3) is 5.91 Å². The predicted octanol–water partition coefficient (Wildman–Crippen LogP) is 5.85. The summed E-state index contributed by atoms with van der Waals surface area (Å²) in [6, 6.07) is 14.0. The number of halogens is 2. The molecule has 0 saturated carbocycles. The molecule has 4 rings (SSSR count). The van der Waals surface area contributed by atoms with Crippen LogP contribution in [0.25, 0.3) is 10.2 Å². The number of nitrogens with zero attached hydrogens (tertiary/aromatic N) is 3. The summed E-state index contributed by atoms with van der Waals surface area (Å²) in [5.41, 5.74) is 2.02. The van der Waals surface area contributed by atoms with Crippen molar-refractivity contribution in [3.05, 3.63) is 82.1 Å². The number of thiazole rings is 1. The van der Waals surface area contributed by atoms with Crippen molar-refractivity contribution in [1.29, 1.82) is 0 Å². The normalized spacial score (nSPS) is 10.9. The quantitative estimate of drug-likeness (QED) is 0.387. The van der Waals surface area contributed by atoms with Crippen molar-refractivity contribution in [2.24, 2.45) is 0 Å². The van der Waals surface area contributed by atoms with Gasteiger partial charge in [-0.1, -0.05) is 40.6 Å². The maximum atomic E-state index is 13.3. The second-order valence-corrected chi connectivity index (χ2v) is 8.00. The van der Waals surface area contributed by atoms with Crippen LogP contribution in [-0.2, 0) is 6.54 Å². The molecule has 0 saturated heterocycles. The molecule has 0 aliphatic heterocycles. The molecule has 0 aliphatic carbocycles. The largest absolute Gasteiger partial charge is 0.494 e. The monoisotopic (exact) mass is 443 g/mol. The van der Waals surface area contributed by atoms with Gasteiger partial charge in [-0.3, -0.25) is 14.7 Å². The highest BCUT2D eigenvalue weighted by Gasteiger charge is 2.23. The van der Waals surface area contributed by atoms with Crippen molar-refractivity contribution in [3.8, 4) is 5.75 Å². The average Bonchev–Trinajstić information content (AvgIpc) is 3.19. The molecule has 146 valence electrons. The Kier molecular flexibility index (Phi) is 5.67. The smallest absolute Gasteiger partial charge is 0.260 e. The summed E-state index contributed by atoms with van der Waals surface area (Å²) in [6.07, 6.45) is 3.42. The number of anilines is 1. The topological polar surface area (TPSA) is 55.3 Å². The van der Waals surface area contributed by atoms with Crippen LogP contribution in [0.4, 0.5) is 5.13 Å². The first-order valence-electron chi connectivity index (χ1n) is 8.66. The SMILES string of the molecule is COc1ccc(Cl)c2sc(N(Cc3cccnc3)C(=O)c3ccc(Cl)cc3)nc12. The first-order chi connectivity index (χ1) is 14.1. The molecular formula is C21H15Cl2N3O2S. The van der Waals surface area contributed by atoms with E-state index in [1.807, 2.05) is 12.1 Å². The van der Waals surface area contributed by atoms with Crippen molar-refractivity contribution in [2.45, 2.75) is 6.54 Å². The number of carbonyl (C=O) groups is 1. The van der Waals surface area contributed by atoms with E-state index in [2.05, 4.69) is 9.97 Å². The van der Waals surface area contributed by atoms with Gasteiger partial charge in [0.15, 0.2) is 5.13 Å². The van der Waals surface area contributed by atoms with Gasteiger partial charge >= 0.3 is 0 Å². The first-order valence-corrected chi connectivity index (χ1v) is 10.2. The molecule has 2 heterocycles. The van der Waals surface area contributed by atoms with E-state index in [1.54, 1.807) is 60.8 Å². The Hall–Kier alpha value is -2.67. The summed E-state index contributed by atoms with van der Waals surface area (Å²) in [5.74, 6) is 0.409. The van der Waals surface area contributed by atoms with E-state index >= 15 is 0 Å². The standard InChI is InChI=1S/C21H15Cl2N3O2S/c1-28-17-9-8-16(23)19-18(17)25-21(29-19)26(12-13-3-2-10-24-11-13)20(27)14-4-6-15(22)7-5-14/h2-11H,12H2,1H3. The molecule has 0 spiro atoms. The molecule has 0 unspecified atom stereocenters. The fourth-order valence-electron chi connectivity index (χ4n) is 2.87. The summed E-state index contributed by atoms with van der Waals surface area (Å²) >= 11 is 13.7. The molecule has 0 fully saturated rings. The third-order valence-electron chi connectivity index (χ3n) is 4.30. The molecule has 0 aliphatic rings. The molecule has 2 aromatic carbocycles. The molecule has 5 nitrogen and oxygen atoms in total. The van der Waals surface area contributed by atoms with Gasteiger partial charge in [0, 0.05) is 23.0 Å². The molecule has 0 N–H and O–H groups in total. The number of hydrogen-bond acceptors (Lipinski definition) is 5. The fourth-order valence-corrected chi connectivity index (χ4v) is 4.25. The molecule has 8 heteroatoms. The van der Waals surface area contributed by atoms with Crippen LogP contribution in [0.15, 0.2) is 60.9 Å². The average molecular weight is 444 g/mol. The van der Waals surface area contributed by atoms with Crippen LogP contribution in [0.2, 0.25) is 10.0 Å². The number of amides is 1. The van der Waals surface area contributed by atoms with Gasteiger partial charge in [-0.15, -0.1) is 0 Å². The van der Waals surface area contributed by atoms with E-state index in [1.165, 1.54) is 11.3 Å². The van der Waals surface area contributed by atoms with Crippen molar-refractivity contribution < 1.29 is 9.53 Å². The minimum atomic E-state index is -0.195. The highest BCUT2D eigenvalue weighted by molar-refractivity contribution is 7.23. The van der Waals surface area contributed by atoms with E-state index in [0.29, 0.717) is 38.6 Å². The minimum Gasteiger partial charge on any atom is -0.494 e. The van der Waals surface area contributed by atoms with Gasteiger partial charge in [0.05, 0.1) is 23.4 Å². The van der Waals surface area contributed by atoms with Crippen LogP contribution >= 0.6 is 34.5 Å². The van der Waals surface area contributed by atoms with E-state index in [0.717, 1.165) is 10.3 Å². The van der Waals surface area contributed by atoms with Crippen molar-refractivity contribution in [1.82, 2.24) is 9.97 Å². The van der Waals surface area contributed by atoms with E-state index < -0.39 is 0 Å². The van der Waals surface area contributed by atoms with Gasteiger partial charge in [0.1, 0.15) is 11.3 Å². The Balaban J connectivity index is 1.81. The van der Waals surface area contributed by atoms with Gasteiger partial charge in [0.2, 0.25) is 0 Å². The summed E-state index contributed by atoms with van der Waals surface area (Å²) in [6.45, 7) is 0.315. The molecule has 4 aromatic rings. The van der Waals surface area contributed by atoms with Crippen LogP contribution in [-0.4, -0.2) is 23.0 Å². The van der Waals surface area contributed by atoms with Crippen LogP contribution in [0, 0.1) is 0 Å². The predicted molar refractivity (Wildman–Crippen MR) is 117 cm³/mol. The lowest BCUT2D eigenvalue weighted by molar-refractivity contribution is 0.0985. The van der Waals surface area contributed by atoms with Crippen LogP contribution in [0.5, 0.6) is 5.75 Å². The zero-order valence-electron chi connectivity index (χ0n) is 15.3. The Morgan fingerprint density at radius 2 is 1.93 bits per heavy atom. The number of pyridine rings is 1. The molecule has 0 atom stereocenters. The number of fused-ring (bicyclic) bond motifs is 1. The number of aromatic nitrogens is 2. The van der Waals surface area contributed by atoms with Gasteiger partial charge < -0.3 is 4.74 Å². The van der Waals surface area contributed by atoms with E-state index in [4.69, 9.17) is 27.9 Å². The molecule has 29 heavy (non-hydrogen) atoms. The van der Waals surface area contributed by atoms with Crippen LogP contribution in [0.3, 0.4) is 0 Å². The van der Waals surface area contributed by atoms with Crippen LogP contribution < -0.4 is 9.64 Å².